The van der Waals surface area contributed by atoms with Crippen LogP contribution in [0.4, 0.5) is 5.69 Å². The fraction of sp³-hybridized carbons (Fsp3) is 0.0833. The van der Waals surface area contributed by atoms with Crippen LogP contribution in [0.25, 0.3) is 23.1 Å². The fourth-order valence-corrected chi connectivity index (χ4v) is 3.89. The van der Waals surface area contributed by atoms with Gasteiger partial charge in [0.15, 0.2) is 0 Å². The van der Waals surface area contributed by atoms with Crippen molar-refractivity contribution >= 4 is 51.3 Å². The third-order valence-electron chi connectivity index (χ3n) is 4.96. The van der Waals surface area contributed by atoms with Gasteiger partial charge in [0.2, 0.25) is 0 Å². The summed E-state index contributed by atoms with van der Waals surface area (Å²) < 4.78 is 2.60. The maximum Gasteiger partial charge on any atom is 0.276 e. The second-order valence-electron chi connectivity index (χ2n) is 6.97. The molecular formula is C24H18IN3O3. The van der Waals surface area contributed by atoms with E-state index in [0.717, 1.165) is 9.13 Å². The molecule has 0 spiro atoms. The molecule has 0 aliphatic heterocycles. The highest BCUT2D eigenvalue weighted by molar-refractivity contribution is 14.1. The number of hydrogen-bond donors (Lipinski definition) is 0. The van der Waals surface area contributed by atoms with Gasteiger partial charge in [0.1, 0.15) is 5.82 Å². The van der Waals surface area contributed by atoms with Crippen LogP contribution in [0.1, 0.15) is 17.0 Å². The van der Waals surface area contributed by atoms with E-state index < -0.39 is 4.92 Å². The van der Waals surface area contributed by atoms with Gasteiger partial charge in [-0.05, 0) is 71.0 Å². The molecule has 7 heteroatoms. The number of halogens is 1. The standard InChI is InChI=1S/C24H18IN3O3/c25-19-11-12-21-20(16-19)24(29)27(15-14-17-6-2-1-3-7-17)23(26-21)13-10-18-8-4-5-9-22(18)28(30)31/h1-13,16H,14-15H2/b13-10+. The molecule has 1 heterocycles. The van der Waals surface area contributed by atoms with Gasteiger partial charge >= 0.3 is 0 Å². The number of para-hydroxylation sites is 1. The Balaban J connectivity index is 1.80. The van der Waals surface area contributed by atoms with Gasteiger partial charge in [-0.15, -0.1) is 0 Å². The van der Waals surface area contributed by atoms with Gasteiger partial charge in [-0.3, -0.25) is 19.5 Å². The summed E-state index contributed by atoms with van der Waals surface area (Å²) >= 11 is 2.18. The molecule has 154 valence electrons. The summed E-state index contributed by atoms with van der Waals surface area (Å²) in [4.78, 5) is 28.9. The van der Waals surface area contributed by atoms with Gasteiger partial charge in [-0.2, -0.15) is 0 Å². The van der Waals surface area contributed by atoms with Gasteiger partial charge in [0.05, 0.1) is 21.4 Å². The first kappa shape index (κ1) is 20.9. The molecule has 0 unspecified atom stereocenters. The average molecular weight is 523 g/mol. The van der Waals surface area contributed by atoms with Gasteiger partial charge in [-0.1, -0.05) is 42.5 Å². The minimum Gasteiger partial charge on any atom is -0.292 e. The van der Waals surface area contributed by atoms with Crippen molar-refractivity contribution in [2.75, 3.05) is 0 Å². The van der Waals surface area contributed by atoms with Crippen LogP contribution in [-0.4, -0.2) is 14.5 Å². The minimum atomic E-state index is -0.419. The first-order valence-electron chi connectivity index (χ1n) is 9.68. The maximum atomic E-state index is 13.3. The van der Waals surface area contributed by atoms with Crippen molar-refractivity contribution in [3.8, 4) is 0 Å². The Morgan fingerprint density at radius 2 is 1.74 bits per heavy atom. The molecule has 0 aliphatic carbocycles. The summed E-state index contributed by atoms with van der Waals surface area (Å²) in [7, 11) is 0. The van der Waals surface area contributed by atoms with Crippen LogP contribution in [-0.2, 0) is 13.0 Å². The SMILES string of the molecule is O=c1c2cc(I)ccc2nc(/C=C/c2ccccc2[N+](=O)[O-])n1CCc1ccccc1. The molecule has 0 N–H and O–H groups in total. The molecule has 31 heavy (non-hydrogen) atoms. The van der Waals surface area contributed by atoms with Gasteiger partial charge in [0.25, 0.3) is 11.2 Å². The Hall–Kier alpha value is -3.33. The van der Waals surface area contributed by atoms with Crippen molar-refractivity contribution in [1.82, 2.24) is 9.55 Å². The van der Waals surface area contributed by atoms with Crippen molar-refractivity contribution in [3.05, 3.63) is 114 Å². The molecular weight excluding hydrogens is 505 g/mol. The second kappa shape index (κ2) is 9.22. The summed E-state index contributed by atoms with van der Waals surface area (Å²) in [6, 6.07) is 22.0. The lowest BCUT2D eigenvalue weighted by molar-refractivity contribution is -0.385. The van der Waals surface area contributed by atoms with Crippen molar-refractivity contribution in [2.45, 2.75) is 13.0 Å². The molecule has 0 amide bonds. The number of rotatable bonds is 6. The maximum absolute atomic E-state index is 13.3. The largest absolute Gasteiger partial charge is 0.292 e. The van der Waals surface area contributed by atoms with E-state index in [9.17, 15) is 14.9 Å². The average Bonchev–Trinajstić information content (AvgIpc) is 2.78. The number of fused-ring (bicyclic) bond motifs is 1. The molecule has 0 bridgehead atoms. The first-order chi connectivity index (χ1) is 15.0. The summed E-state index contributed by atoms with van der Waals surface area (Å²) in [5.41, 5.74) is 2.06. The van der Waals surface area contributed by atoms with Crippen LogP contribution in [0.2, 0.25) is 0 Å². The summed E-state index contributed by atoms with van der Waals surface area (Å²) in [5.74, 6) is 0.466. The number of aryl methyl sites for hydroxylation is 1. The molecule has 0 radical (unpaired) electrons. The molecule has 0 saturated heterocycles. The van der Waals surface area contributed by atoms with Crippen LogP contribution < -0.4 is 5.56 Å². The lowest BCUT2D eigenvalue weighted by Crippen LogP contribution is -2.25. The second-order valence-corrected chi connectivity index (χ2v) is 8.22. The minimum absolute atomic E-state index is 0.00674. The smallest absolute Gasteiger partial charge is 0.276 e. The Morgan fingerprint density at radius 1 is 1.00 bits per heavy atom. The molecule has 6 nitrogen and oxygen atoms in total. The summed E-state index contributed by atoms with van der Waals surface area (Å²) in [6.45, 7) is 0.452. The normalized spacial score (nSPS) is 11.3. The summed E-state index contributed by atoms with van der Waals surface area (Å²) in [5, 5.41) is 11.9. The van der Waals surface area contributed by atoms with Crippen molar-refractivity contribution in [1.29, 1.82) is 0 Å². The van der Waals surface area contributed by atoms with Crippen molar-refractivity contribution in [3.63, 3.8) is 0 Å². The third-order valence-corrected chi connectivity index (χ3v) is 5.63. The van der Waals surface area contributed by atoms with E-state index in [4.69, 9.17) is 0 Å². The zero-order chi connectivity index (χ0) is 21.8. The van der Waals surface area contributed by atoms with E-state index in [1.54, 1.807) is 34.9 Å². The van der Waals surface area contributed by atoms with E-state index in [1.165, 1.54) is 6.07 Å². The molecule has 4 rings (SSSR count). The van der Waals surface area contributed by atoms with E-state index in [0.29, 0.717) is 35.3 Å². The molecule has 1 aromatic heterocycles. The van der Waals surface area contributed by atoms with Gasteiger partial charge in [0, 0.05) is 16.2 Å². The molecule has 0 saturated carbocycles. The monoisotopic (exact) mass is 523 g/mol. The van der Waals surface area contributed by atoms with E-state index in [-0.39, 0.29) is 11.2 Å². The summed E-state index contributed by atoms with van der Waals surface area (Å²) in [6.07, 6.45) is 3.98. The third kappa shape index (κ3) is 4.72. The zero-order valence-electron chi connectivity index (χ0n) is 16.4. The van der Waals surface area contributed by atoms with E-state index in [2.05, 4.69) is 27.6 Å². The molecule has 0 fully saturated rings. The Bertz CT molecular complexity index is 1350. The van der Waals surface area contributed by atoms with Crippen LogP contribution in [0.15, 0.2) is 77.6 Å². The highest BCUT2D eigenvalue weighted by atomic mass is 127. The quantitative estimate of drug-likeness (QED) is 0.195. The van der Waals surface area contributed by atoms with Crippen LogP contribution in [0.5, 0.6) is 0 Å². The predicted molar refractivity (Wildman–Crippen MR) is 131 cm³/mol. The first-order valence-corrected chi connectivity index (χ1v) is 10.8. The van der Waals surface area contributed by atoms with Gasteiger partial charge < -0.3 is 0 Å². The number of nitrogens with zero attached hydrogens (tertiary/aromatic N) is 3. The molecule has 0 aliphatic rings. The topological polar surface area (TPSA) is 78.0 Å². The van der Waals surface area contributed by atoms with Crippen LogP contribution in [0.3, 0.4) is 0 Å². The number of nitro groups is 1. The lowest BCUT2D eigenvalue weighted by Gasteiger charge is -2.12. The zero-order valence-corrected chi connectivity index (χ0v) is 18.6. The highest BCUT2D eigenvalue weighted by Crippen LogP contribution is 2.21. The predicted octanol–water partition coefficient (Wildman–Crippen LogP) is 5.32. The highest BCUT2D eigenvalue weighted by Gasteiger charge is 2.12. The van der Waals surface area contributed by atoms with Crippen LogP contribution >= 0.6 is 22.6 Å². The number of hydrogen-bond acceptors (Lipinski definition) is 4. The molecule has 0 atom stereocenters. The van der Waals surface area contributed by atoms with Crippen molar-refractivity contribution in [2.24, 2.45) is 0 Å². The number of nitro benzene ring substituents is 1. The fourth-order valence-electron chi connectivity index (χ4n) is 3.40. The van der Waals surface area contributed by atoms with Crippen LogP contribution in [0, 0.1) is 13.7 Å². The van der Waals surface area contributed by atoms with E-state index >= 15 is 0 Å². The number of aromatic nitrogens is 2. The van der Waals surface area contributed by atoms with Crippen molar-refractivity contribution < 1.29 is 4.92 Å². The Labute approximate surface area is 192 Å². The molecule has 3 aromatic carbocycles. The number of benzene rings is 3. The Morgan fingerprint density at radius 3 is 2.52 bits per heavy atom. The Kier molecular flexibility index (Phi) is 6.22. The lowest BCUT2D eigenvalue weighted by atomic mass is 10.1. The van der Waals surface area contributed by atoms with Gasteiger partial charge in [-0.25, -0.2) is 4.98 Å². The van der Waals surface area contributed by atoms with E-state index in [1.807, 2.05) is 48.5 Å². The molecule has 4 aromatic rings.